The fraction of sp³-hybridized carbons (Fsp3) is 0.400. The maximum Gasteiger partial charge on any atom is 0.0141 e. The number of hydrogen-bond donors (Lipinski definition) is 0. The molecule has 0 fully saturated rings. The lowest BCUT2D eigenvalue weighted by Crippen LogP contribution is -1.93. The molecule has 2 aliphatic rings. The minimum absolute atomic E-state index is 0.439. The third kappa shape index (κ3) is 0.756. The van der Waals surface area contributed by atoms with E-state index in [4.69, 9.17) is 0 Å². The second kappa shape index (κ2) is 1.63. The molecule has 52 valence electrons. The highest BCUT2D eigenvalue weighted by Gasteiger charge is 2.36. The maximum absolute atomic E-state index is 2.35. The van der Waals surface area contributed by atoms with E-state index < -0.39 is 0 Å². The molecule has 10 heavy (non-hydrogen) atoms. The molecule has 0 heterocycles. The highest BCUT2D eigenvalue weighted by Crippen LogP contribution is 2.49. The van der Waals surface area contributed by atoms with Crippen LogP contribution in [0.1, 0.15) is 20.3 Å². The third-order valence-corrected chi connectivity index (χ3v) is 2.36. The Hall–Kier alpha value is -0.780. The Kier molecular flexibility index (Phi) is 0.971. The first kappa shape index (κ1) is 5.96. The fourth-order valence-electron chi connectivity index (χ4n) is 1.47. The van der Waals surface area contributed by atoms with Crippen molar-refractivity contribution in [3.63, 3.8) is 0 Å². The van der Waals surface area contributed by atoms with Crippen molar-refractivity contribution in [2.75, 3.05) is 0 Å². The van der Waals surface area contributed by atoms with E-state index in [1.165, 1.54) is 17.6 Å². The molecule has 0 spiro atoms. The van der Waals surface area contributed by atoms with Crippen LogP contribution in [0.3, 0.4) is 0 Å². The molecule has 0 amide bonds. The lowest BCUT2D eigenvalue weighted by molar-refractivity contribution is 0.639. The summed E-state index contributed by atoms with van der Waals surface area (Å²) in [6, 6.07) is 0. The van der Waals surface area contributed by atoms with Gasteiger partial charge in [0.2, 0.25) is 0 Å². The first-order chi connectivity index (χ1) is 4.71. The zero-order valence-electron chi connectivity index (χ0n) is 6.52. The van der Waals surface area contributed by atoms with Gasteiger partial charge < -0.3 is 0 Å². The monoisotopic (exact) mass is 132 g/mol. The minimum atomic E-state index is 0.439. The number of allylic oxidation sites excluding steroid dienone is 6. The molecule has 0 aliphatic heterocycles. The zero-order valence-corrected chi connectivity index (χ0v) is 6.52. The Morgan fingerprint density at radius 3 is 3.10 bits per heavy atom. The summed E-state index contributed by atoms with van der Waals surface area (Å²) in [6.07, 6.45) is 10.3. The lowest BCUT2D eigenvalue weighted by Gasteiger charge is -2.03. The van der Waals surface area contributed by atoms with Crippen molar-refractivity contribution >= 4 is 0 Å². The second-order valence-electron chi connectivity index (χ2n) is 3.51. The van der Waals surface area contributed by atoms with Gasteiger partial charge in [-0.1, -0.05) is 36.8 Å². The Morgan fingerprint density at radius 1 is 1.50 bits per heavy atom. The topological polar surface area (TPSA) is 0 Å². The number of fused-ring (bicyclic) bond motifs is 1. The van der Waals surface area contributed by atoms with Gasteiger partial charge in [0, 0.05) is 5.41 Å². The van der Waals surface area contributed by atoms with E-state index in [1.807, 2.05) is 0 Å². The van der Waals surface area contributed by atoms with Gasteiger partial charge in [-0.25, -0.2) is 0 Å². The van der Waals surface area contributed by atoms with Crippen molar-refractivity contribution in [2.45, 2.75) is 20.3 Å². The lowest BCUT2D eigenvalue weighted by atomic mass is 10.00. The molecule has 0 aromatic heterocycles. The van der Waals surface area contributed by atoms with Crippen molar-refractivity contribution < 1.29 is 0 Å². The summed E-state index contributed by atoms with van der Waals surface area (Å²) in [5.74, 6) is 0. The predicted octanol–water partition coefficient (Wildman–Crippen LogP) is 2.84. The molecule has 1 atom stereocenters. The van der Waals surface area contributed by atoms with Crippen LogP contribution in [0.2, 0.25) is 0 Å². The van der Waals surface area contributed by atoms with Crippen LogP contribution < -0.4 is 0 Å². The van der Waals surface area contributed by atoms with Gasteiger partial charge in [-0.2, -0.15) is 0 Å². The molecule has 0 radical (unpaired) electrons. The molecular formula is C10H12. The molecule has 0 nitrogen and oxygen atoms in total. The molecule has 0 bridgehead atoms. The molecule has 0 heteroatoms. The smallest absolute Gasteiger partial charge is 0.0141 e. The quantitative estimate of drug-likeness (QED) is 0.475. The molecule has 1 unspecified atom stereocenters. The third-order valence-electron chi connectivity index (χ3n) is 2.36. The van der Waals surface area contributed by atoms with Gasteiger partial charge in [-0.05, 0) is 18.9 Å². The van der Waals surface area contributed by atoms with E-state index in [0.717, 1.165) is 0 Å². The molecule has 0 saturated heterocycles. The highest BCUT2D eigenvalue weighted by atomic mass is 14.4. The molecule has 2 rings (SSSR count). The molecular weight excluding hydrogens is 120 g/mol. The average molecular weight is 132 g/mol. The summed E-state index contributed by atoms with van der Waals surface area (Å²) >= 11 is 0. The Morgan fingerprint density at radius 2 is 2.30 bits per heavy atom. The van der Waals surface area contributed by atoms with Crippen LogP contribution in [-0.4, -0.2) is 0 Å². The normalized spacial score (nSPS) is 35.8. The molecule has 2 aliphatic carbocycles. The van der Waals surface area contributed by atoms with Crippen LogP contribution in [-0.2, 0) is 0 Å². The van der Waals surface area contributed by atoms with E-state index >= 15 is 0 Å². The van der Waals surface area contributed by atoms with Gasteiger partial charge in [0.15, 0.2) is 0 Å². The predicted molar refractivity (Wildman–Crippen MR) is 43.7 cm³/mol. The highest BCUT2D eigenvalue weighted by molar-refractivity contribution is 5.50. The second-order valence-corrected chi connectivity index (χ2v) is 3.51. The van der Waals surface area contributed by atoms with Gasteiger partial charge in [-0.3, -0.25) is 0 Å². The van der Waals surface area contributed by atoms with E-state index in [9.17, 15) is 0 Å². The van der Waals surface area contributed by atoms with Crippen molar-refractivity contribution in [3.05, 3.63) is 35.5 Å². The zero-order chi connectivity index (χ0) is 7.19. The fourth-order valence-corrected chi connectivity index (χ4v) is 1.47. The van der Waals surface area contributed by atoms with Gasteiger partial charge >= 0.3 is 0 Å². The Bertz CT molecular complexity index is 253. The van der Waals surface area contributed by atoms with Crippen LogP contribution in [0.5, 0.6) is 0 Å². The largest absolute Gasteiger partial charge is 0.0831 e. The van der Waals surface area contributed by atoms with Crippen LogP contribution in [0.25, 0.3) is 0 Å². The molecule has 0 N–H and O–H groups in total. The Balaban J connectivity index is 2.31. The maximum atomic E-state index is 2.35. The van der Waals surface area contributed by atoms with Gasteiger partial charge in [0.05, 0.1) is 0 Å². The first-order valence-corrected chi connectivity index (χ1v) is 3.79. The Labute approximate surface area is 61.9 Å². The van der Waals surface area contributed by atoms with Crippen molar-refractivity contribution in [3.8, 4) is 0 Å². The minimum Gasteiger partial charge on any atom is -0.0831 e. The van der Waals surface area contributed by atoms with Gasteiger partial charge in [0.1, 0.15) is 0 Å². The number of hydrogen-bond acceptors (Lipinski definition) is 0. The van der Waals surface area contributed by atoms with Crippen LogP contribution >= 0.6 is 0 Å². The van der Waals surface area contributed by atoms with Crippen LogP contribution in [0.4, 0.5) is 0 Å². The van der Waals surface area contributed by atoms with Crippen LogP contribution in [0.15, 0.2) is 35.5 Å². The van der Waals surface area contributed by atoms with E-state index in [0.29, 0.717) is 5.41 Å². The van der Waals surface area contributed by atoms with Crippen molar-refractivity contribution in [2.24, 2.45) is 5.41 Å². The number of rotatable bonds is 0. The van der Waals surface area contributed by atoms with E-state index in [1.54, 1.807) is 0 Å². The summed E-state index contributed by atoms with van der Waals surface area (Å²) in [5, 5.41) is 0. The summed E-state index contributed by atoms with van der Waals surface area (Å²) in [4.78, 5) is 0. The van der Waals surface area contributed by atoms with Gasteiger partial charge in [-0.15, -0.1) is 0 Å². The summed E-state index contributed by atoms with van der Waals surface area (Å²) in [6.45, 7) is 4.45. The summed E-state index contributed by atoms with van der Waals surface area (Å²) < 4.78 is 0. The standard InChI is InChI=1S/C10H12/c1-8-4-3-5-10(2)7-9(10)6-8/h3-4,6-7H,5H2,1-2H3. The summed E-state index contributed by atoms with van der Waals surface area (Å²) in [5.41, 5.74) is 3.34. The molecule has 0 aromatic carbocycles. The van der Waals surface area contributed by atoms with Crippen LogP contribution in [0, 0.1) is 5.41 Å². The first-order valence-electron chi connectivity index (χ1n) is 3.79. The van der Waals surface area contributed by atoms with Crippen molar-refractivity contribution in [1.29, 1.82) is 0 Å². The average Bonchev–Trinajstić information content (AvgIpc) is 2.41. The van der Waals surface area contributed by atoms with E-state index in [-0.39, 0.29) is 0 Å². The van der Waals surface area contributed by atoms with Crippen molar-refractivity contribution in [1.82, 2.24) is 0 Å². The van der Waals surface area contributed by atoms with Gasteiger partial charge in [0.25, 0.3) is 0 Å². The summed E-state index contributed by atoms with van der Waals surface area (Å²) in [7, 11) is 0. The molecule has 0 aromatic rings. The molecule has 0 saturated carbocycles. The van der Waals surface area contributed by atoms with E-state index in [2.05, 4.69) is 38.2 Å². The SMILES string of the molecule is CC1=CC2=CC2(C)CC=C1.